The molecule has 0 saturated heterocycles. The zero-order chi connectivity index (χ0) is 7.28. The molecule has 0 aliphatic rings. The topological polar surface area (TPSA) is 3.24 Å². The van der Waals surface area contributed by atoms with Crippen LogP contribution in [0.5, 0.6) is 0 Å². The highest BCUT2D eigenvalue weighted by molar-refractivity contribution is 5.13. The Balaban J connectivity index is 3.87. The predicted octanol–water partition coefficient (Wildman–Crippen LogP) is 2.15. The van der Waals surface area contributed by atoms with Gasteiger partial charge in [-0.3, -0.25) is 0 Å². The Kier molecular flexibility index (Phi) is 3.52. The molecule has 0 spiro atoms. The van der Waals surface area contributed by atoms with E-state index < -0.39 is 0 Å². The van der Waals surface area contributed by atoms with Crippen molar-refractivity contribution in [3.8, 4) is 0 Å². The molecule has 0 rings (SSSR count). The summed E-state index contributed by atoms with van der Waals surface area (Å²) in [6, 6.07) is 0. The highest BCUT2D eigenvalue weighted by Crippen LogP contribution is 1.98. The fourth-order valence-corrected chi connectivity index (χ4v) is 0.427. The Morgan fingerprint density at radius 2 is 2.11 bits per heavy atom. The molecule has 0 aromatic carbocycles. The monoisotopic (exact) mass is 123 g/mol. The summed E-state index contributed by atoms with van der Waals surface area (Å²) < 4.78 is 0. The first-order valence-corrected chi connectivity index (χ1v) is 2.89. The van der Waals surface area contributed by atoms with E-state index in [1.165, 1.54) is 0 Å². The van der Waals surface area contributed by atoms with Crippen LogP contribution in [-0.4, -0.2) is 11.9 Å². The molecule has 0 unspecified atom stereocenters. The van der Waals surface area contributed by atoms with Gasteiger partial charge in [-0.1, -0.05) is 19.2 Å². The van der Waals surface area contributed by atoms with Crippen LogP contribution in [0.1, 0.15) is 6.92 Å². The second-order valence-electron chi connectivity index (χ2n) is 1.78. The molecule has 0 bridgehead atoms. The van der Waals surface area contributed by atoms with E-state index in [1.54, 1.807) is 6.20 Å². The number of hydrogen-bond donors (Lipinski definition) is 0. The average Bonchev–Trinajstić information content (AvgIpc) is 1.87. The van der Waals surface area contributed by atoms with Gasteiger partial charge in [0, 0.05) is 12.7 Å². The van der Waals surface area contributed by atoms with Gasteiger partial charge in [0.2, 0.25) is 0 Å². The third kappa shape index (κ3) is 2.75. The highest BCUT2D eigenvalue weighted by Gasteiger charge is 1.87. The van der Waals surface area contributed by atoms with Gasteiger partial charge >= 0.3 is 0 Å². The molecule has 0 N–H and O–H groups in total. The molecular weight excluding hydrogens is 110 g/mol. The molecule has 0 aromatic heterocycles. The van der Waals surface area contributed by atoms with E-state index in [-0.39, 0.29) is 0 Å². The summed E-state index contributed by atoms with van der Waals surface area (Å²) in [5, 5.41) is 0. The fraction of sp³-hybridized carbons (Fsp3) is 0.250. The third-order valence-corrected chi connectivity index (χ3v) is 1.09. The molecule has 0 aliphatic heterocycles. The van der Waals surface area contributed by atoms with E-state index in [2.05, 4.69) is 13.2 Å². The van der Waals surface area contributed by atoms with Gasteiger partial charge in [-0.15, -0.1) is 0 Å². The zero-order valence-corrected chi connectivity index (χ0v) is 6.09. The van der Waals surface area contributed by atoms with E-state index in [1.807, 2.05) is 31.0 Å². The van der Waals surface area contributed by atoms with Gasteiger partial charge in [0.15, 0.2) is 0 Å². The lowest BCUT2D eigenvalue weighted by molar-refractivity contribution is 0.593. The Labute approximate surface area is 57.0 Å². The van der Waals surface area contributed by atoms with Crippen LogP contribution in [0, 0.1) is 0 Å². The lowest BCUT2D eigenvalue weighted by Crippen LogP contribution is -2.05. The molecule has 0 radical (unpaired) electrons. The van der Waals surface area contributed by atoms with Gasteiger partial charge in [-0.05, 0) is 19.2 Å². The standard InChI is InChI=1S/C8H13N/c1-5-7-8(3)9(4)6-2/h5-7H,2-3H2,1,4H3/b7-5+. The van der Waals surface area contributed by atoms with Gasteiger partial charge in [0.05, 0.1) is 0 Å². The van der Waals surface area contributed by atoms with Crippen molar-refractivity contribution in [2.75, 3.05) is 7.05 Å². The summed E-state index contributed by atoms with van der Waals surface area (Å²) in [6.07, 6.45) is 5.60. The second kappa shape index (κ2) is 3.96. The minimum absolute atomic E-state index is 0.951. The van der Waals surface area contributed by atoms with Gasteiger partial charge in [-0.25, -0.2) is 0 Å². The van der Waals surface area contributed by atoms with Crippen LogP contribution in [0.3, 0.4) is 0 Å². The number of rotatable bonds is 3. The first kappa shape index (κ1) is 8.02. The van der Waals surface area contributed by atoms with Crippen LogP contribution in [0.2, 0.25) is 0 Å². The average molecular weight is 123 g/mol. The van der Waals surface area contributed by atoms with Crippen molar-refractivity contribution >= 4 is 0 Å². The molecule has 0 fully saturated rings. The van der Waals surface area contributed by atoms with Crippen LogP contribution in [0.4, 0.5) is 0 Å². The van der Waals surface area contributed by atoms with Crippen molar-refractivity contribution < 1.29 is 0 Å². The predicted molar refractivity (Wildman–Crippen MR) is 41.9 cm³/mol. The van der Waals surface area contributed by atoms with Crippen molar-refractivity contribution in [2.24, 2.45) is 0 Å². The Morgan fingerprint density at radius 3 is 2.44 bits per heavy atom. The van der Waals surface area contributed by atoms with E-state index in [4.69, 9.17) is 0 Å². The maximum Gasteiger partial charge on any atom is 0.0326 e. The second-order valence-corrected chi connectivity index (χ2v) is 1.78. The molecule has 1 heteroatoms. The lowest BCUT2D eigenvalue weighted by Gasteiger charge is -2.11. The maximum absolute atomic E-state index is 3.78. The molecule has 0 heterocycles. The van der Waals surface area contributed by atoms with Crippen LogP contribution < -0.4 is 0 Å². The summed E-state index contributed by atoms with van der Waals surface area (Å²) in [5.41, 5.74) is 0.951. The third-order valence-electron chi connectivity index (χ3n) is 1.09. The molecule has 1 nitrogen and oxygen atoms in total. The van der Waals surface area contributed by atoms with Crippen molar-refractivity contribution in [1.29, 1.82) is 0 Å². The molecule has 0 aromatic rings. The number of hydrogen-bond acceptors (Lipinski definition) is 1. The van der Waals surface area contributed by atoms with Gasteiger partial charge < -0.3 is 4.90 Å². The highest BCUT2D eigenvalue weighted by atomic mass is 15.1. The van der Waals surface area contributed by atoms with Gasteiger partial charge in [0.25, 0.3) is 0 Å². The van der Waals surface area contributed by atoms with Gasteiger partial charge in [-0.2, -0.15) is 0 Å². The molecule has 0 amide bonds. The van der Waals surface area contributed by atoms with Crippen LogP contribution in [-0.2, 0) is 0 Å². The molecular formula is C8H13N. The summed E-state index contributed by atoms with van der Waals surface area (Å²) >= 11 is 0. The van der Waals surface area contributed by atoms with E-state index in [0.717, 1.165) is 5.70 Å². The molecule has 0 atom stereocenters. The Bertz CT molecular complexity index is 134. The zero-order valence-electron chi connectivity index (χ0n) is 6.09. The Hall–Kier alpha value is -0.980. The van der Waals surface area contributed by atoms with E-state index in [0.29, 0.717) is 0 Å². The first-order chi connectivity index (χ1) is 4.22. The summed E-state index contributed by atoms with van der Waals surface area (Å²) in [4.78, 5) is 1.86. The van der Waals surface area contributed by atoms with Crippen molar-refractivity contribution in [2.45, 2.75) is 6.92 Å². The molecule has 9 heavy (non-hydrogen) atoms. The normalized spacial score (nSPS) is 9.56. The summed E-state index contributed by atoms with van der Waals surface area (Å²) in [5.74, 6) is 0. The largest absolute Gasteiger partial charge is 0.352 e. The quantitative estimate of drug-likeness (QED) is 0.520. The number of allylic oxidation sites excluding steroid dienone is 2. The minimum Gasteiger partial charge on any atom is -0.352 e. The Morgan fingerprint density at radius 1 is 1.56 bits per heavy atom. The van der Waals surface area contributed by atoms with E-state index in [9.17, 15) is 0 Å². The molecule has 0 aliphatic carbocycles. The summed E-state index contributed by atoms with van der Waals surface area (Å²) in [6.45, 7) is 9.34. The number of likely N-dealkylation sites (N-methyl/N-ethyl adjacent to an activating group) is 1. The minimum atomic E-state index is 0.951. The smallest absolute Gasteiger partial charge is 0.0326 e. The SMILES string of the molecule is C=CN(C)C(=C)/C=C/C. The number of nitrogens with zero attached hydrogens (tertiary/aromatic N) is 1. The molecule has 50 valence electrons. The van der Waals surface area contributed by atoms with Crippen LogP contribution in [0.15, 0.2) is 37.2 Å². The van der Waals surface area contributed by atoms with Crippen LogP contribution >= 0.6 is 0 Å². The van der Waals surface area contributed by atoms with Crippen molar-refractivity contribution in [1.82, 2.24) is 4.90 Å². The van der Waals surface area contributed by atoms with Crippen molar-refractivity contribution in [3.63, 3.8) is 0 Å². The van der Waals surface area contributed by atoms with Crippen molar-refractivity contribution in [3.05, 3.63) is 37.2 Å². The maximum atomic E-state index is 3.78. The van der Waals surface area contributed by atoms with Crippen LogP contribution in [0.25, 0.3) is 0 Å². The fourth-order valence-electron chi connectivity index (χ4n) is 0.427. The van der Waals surface area contributed by atoms with E-state index >= 15 is 0 Å². The lowest BCUT2D eigenvalue weighted by atomic mass is 10.4. The van der Waals surface area contributed by atoms with Gasteiger partial charge in [0.1, 0.15) is 0 Å². The molecule has 0 saturated carbocycles. The summed E-state index contributed by atoms with van der Waals surface area (Å²) in [7, 11) is 1.91. The first-order valence-electron chi connectivity index (χ1n) is 2.89.